The van der Waals surface area contributed by atoms with Crippen LogP contribution in [0.25, 0.3) is 11.0 Å². The predicted octanol–water partition coefficient (Wildman–Crippen LogP) is 4.51. The minimum absolute atomic E-state index is 0.0344. The standard InChI is InChI=1S/C23H23N3O3/c1-15(27)20-3-2-17(26-8-5-23(6-9-26)12-18(28)13-23)11-21(20)29-19-10-16-4-7-24-22(16)25-14-19/h2-4,7,10-11,14H,5-6,8-9,12-13H2,1H3,(H,24,25). The molecule has 29 heavy (non-hydrogen) atoms. The first-order chi connectivity index (χ1) is 14.0. The lowest BCUT2D eigenvalue weighted by atomic mass is 9.62. The van der Waals surface area contributed by atoms with Crippen LogP contribution in [0, 0.1) is 5.41 Å². The van der Waals surface area contributed by atoms with Gasteiger partial charge >= 0.3 is 0 Å². The monoisotopic (exact) mass is 389 g/mol. The van der Waals surface area contributed by atoms with Crippen molar-refractivity contribution in [1.82, 2.24) is 9.97 Å². The third kappa shape index (κ3) is 3.28. The van der Waals surface area contributed by atoms with E-state index in [0.717, 1.165) is 55.5 Å². The molecule has 1 saturated heterocycles. The summed E-state index contributed by atoms with van der Waals surface area (Å²) in [5.74, 6) is 1.51. The number of ether oxygens (including phenoxy) is 1. The molecule has 1 N–H and O–H groups in total. The summed E-state index contributed by atoms with van der Waals surface area (Å²) in [6.45, 7) is 3.39. The molecule has 6 heteroatoms. The minimum Gasteiger partial charge on any atom is -0.455 e. The number of nitrogens with one attached hydrogen (secondary N) is 1. The lowest BCUT2D eigenvalue weighted by Crippen LogP contribution is -2.47. The molecule has 2 aliphatic rings. The highest BCUT2D eigenvalue weighted by Crippen LogP contribution is 2.47. The quantitative estimate of drug-likeness (QED) is 0.665. The van der Waals surface area contributed by atoms with Crippen molar-refractivity contribution < 1.29 is 14.3 Å². The van der Waals surface area contributed by atoms with Crippen LogP contribution in [0.15, 0.2) is 42.7 Å². The Labute approximate surface area is 168 Å². The molecule has 3 heterocycles. The number of aromatic amines is 1. The van der Waals surface area contributed by atoms with Crippen molar-refractivity contribution in [2.75, 3.05) is 18.0 Å². The number of carbonyl (C=O) groups excluding carboxylic acids is 2. The van der Waals surface area contributed by atoms with Gasteiger partial charge in [-0.2, -0.15) is 0 Å². The van der Waals surface area contributed by atoms with Crippen LogP contribution in [0.4, 0.5) is 5.69 Å². The molecule has 1 spiro atoms. The maximum Gasteiger partial charge on any atom is 0.163 e. The Hall–Kier alpha value is -3.15. The molecule has 6 nitrogen and oxygen atoms in total. The summed E-state index contributed by atoms with van der Waals surface area (Å²) >= 11 is 0. The lowest BCUT2D eigenvalue weighted by Gasteiger charge is -2.47. The summed E-state index contributed by atoms with van der Waals surface area (Å²) < 4.78 is 6.10. The Balaban J connectivity index is 1.40. The molecule has 1 aromatic carbocycles. The highest BCUT2D eigenvalue weighted by atomic mass is 16.5. The number of pyridine rings is 1. The number of rotatable bonds is 4. The van der Waals surface area contributed by atoms with E-state index < -0.39 is 0 Å². The summed E-state index contributed by atoms with van der Waals surface area (Å²) in [5, 5.41) is 0.958. The number of Topliss-reactive ketones (excluding diaryl/α,β-unsaturated/α-hetero) is 2. The van der Waals surface area contributed by atoms with Crippen LogP contribution in [-0.2, 0) is 4.79 Å². The zero-order valence-electron chi connectivity index (χ0n) is 16.4. The fraction of sp³-hybridized carbons (Fsp3) is 0.348. The molecule has 3 aromatic rings. The SMILES string of the molecule is CC(=O)c1ccc(N2CCC3(CC2)CC(=O)C3)cc1Oc1cnc2[nH]ccc2c1. The topological polar surface area (TPSA) is 75.3 Å². The minimum atomic E-state index is -0.0344. The van der Waals surface area contributed by atoms with Gasteiger partial charge in [-0.3, -0.25) is 9.59 Å². The molecule has 0 atom stereocenters. The maximum atomic E-state index is 12.1. The number of nitrogens with zero attached hydrogens (tertiary/aromatic N) is 2. The van der Waals surface area contributed by atoms with Crippen molar-refractivity contribution >= 4 is 28.3 Å². The van der Waals surface area contributed by atoms with Gasteiger partial charge < -0.3 is 14.6 Å². The Bertz CT molecular complexity index is 1100. The fourth-order valence-electron chi connectivity index (χ4n) is 4.56. The van der Waals surface area contributed by atoms with Crippen LogP contribution in [0.3, 0.4) is 0 Å². The van der Waals surface area contributed by atoms with Crippen molar-refractivity contribution in [2.45, 2.75) is 32.6 Å². The Morgan fingerprint density at radius 2 is 1.97 bits per heavy atom. The van der Waals surface area contributed by atoms with Crippen molar-refractivity contribution in [3.63, 3.8) is 0 Å². The zero-order chi connectivity index (χ0) is 20.0. The van der Waals surface area contributed by atoms with E-state index in [-0.39, 0.29) is 11.2 Å². The summed E-state index contributed by atoms with van der Waals surface area (Å²) in [7, 11) is 0. The van der Waals surface area contributed by atoms with Gasteiger partial charge in [0.1, 0.15) is 22.9 Å². The maximum absolute atomic E-state index is 12.1. The largest absolute Gasteiger partial charge is 0.455 e. The van der Waals surface area contributed by atoms with E-state index in [4.69, 9.17) is 4.74 Å². The Kier molecular flexibility index (Phi) is 4.15. The van der Waals surface area contributed by atoms with Gasteiger partial charge in [0.25, 0.3) is 0 Å². The molecule has 1 saturated carbocycles. The number of benzene rings is 1. The summed E-state index contributed by atoms with van der Waals surface area (Å²) in [6.07, 6.45) is 7.06. The number of ketones is 2. The van der Waals surface area contributed by atoms with E-state index in [2.05, 4.69) is 14.9 Å². The summed E-state index contributed by atoms with van der Waals surface area (Å²) in [5.41, 5.74) is 2.64. The number of carbonyl (C=O) groups is 2. The van der Waals surface area contributed by atoms with E-state index in [1.165, 1.54) is 0 Å². The third-order valence-electron chi connectivity index (χ3n) is 6.28. The van der Waals surface area contributed by atoms with Crippen molar-refractivity contribution in [3.05, 3.63) is 48.3 Å². The smallest absolute Gasteiger partial charge is 0.163 e. The third-order valence-corrected chi connectivity index (χ3v) is 6.28. The number of piperidine rings is 1. The molecule has 2 fully saturated rings. The number of aromatic nitrogens is 2. The van der Waals surface area contributed by atoms with Crippen LogP contribution < -0.4 is 9.64 Å². The molecular weight excluding hydrogens is 366 g/mol. The summed E-state index contributed by atoms with van der Waals surface area (Å²) in [4.78, 5) is 33.3. The van der Waals surface area contributed by atoms with Crippen molar-refractivity contribution in [1.29, 1.82) is 0 Å². The first-order valence-corrected chi connectivity index (χ1v) is 10.0. The lowest BCUT2D eigenvalue weighted by molar-refractivity contribution is -0.133. The zero-order valence-corrected chi connectivity index (χ0v) is 16.4. The van der Waals surface area contributed by atoms with Gasteiger partial charge in [0, 0.05) is 49.3 Å². The molecule has 1 aliphatic heterocycles. The van der Waals surface area contributed by atoms with E-state index in [0.29, 0.717) is 22.8 Å². The predicted molar refractivity (Wildman–Crippen MR) is 111 cm³/mol. The van der Waals surface area contributed by atoms with E-state index in [1.54, 1.807) is 13.1 Å². The molecule has 148 valence electrons. The van der Waals surface area contributed by atoms with Gasteiger partial charge in [-0.1, -0.05) is 0 Å². The van der Waals surface area contributed by atoms with E-state index >= 15 is 0 Å². The first-order valence-electron chi connectivity index (χ1n) is 10.0. The fourth-order valence-corrected chi connectivity index (χ4v) is 4.56. The number of fused-ring (bicyclic) bond motifs is 1. The molecule has 0 amide bonds. The number of hydrogen-bond acceptors (Lipinski definition) is 5. The van der Waals surface area contributed by atoms with Crippen LogP contribution >= 0.6 is 0 Å². The molecule has 0 bridgehead atoms. The molecular formula is C23H23N3O3. The highest BCUT2D eigenvalue weighted by molar-refractivity contribution is 5.97. The number of anilines is 1. The summed E-state index contributed by atoms with van der Waals surface area (Å²) in [6, 6.07) is 9.62. The molecule has 1 aliphatic carbocycles. The van der Waals surface area contributed by atoms with Crippen LogP contribution in [0.2, 0.25) is 0 Å². The molecule has 0 unspecified atom stereocenters. The average Bonchev–Trinajstić information content (AvgIpc) is 3.15. The van der Waals surface area contributed by atoms with Gasteiger partial charge in [-0.15, -0.1) is 0 Å². The Morgan fingerprint density at radius 1 is 1.17 bits per heavy atom. The second-order valence-electron chi connectivity index (χ2n) is 8.30. The normalized spacial score (nSPS) is 18.1. The molecule has 2 aromatic heterocycles. The first kappa shape index (κ1) is 17.9. The molecule has 0 radical (unpaired) electrons. The van der Waals surface area contributed by atoms with Crippen LogP contribution in [-0.4, -0.2) is 34.6 Å². The van der Waals surface area contributed by atoms with Gasteiger partial charge in [0.15, 0.2) is 5.78 Å². The number of hydrogen-bond donors (Lipinski definition) is 1. The van der Waals surface area contributed by atoms with Gasteiger partial charge in [0.2, 0.25) is 0 Å². The van der Waals surface area contributed by atoms with E-state index in [9.17, 15) is 9.59 Å². The van der Waals surface area contributed by atoms with Crippen LogP contribution in [0.5, 0.6) is 11.5 Å². The van der Waals surface area contributed by atoms with E-state index in [1.807, 2.05) is 36.5 Å². The highest BCUT2D eigenvalue weighted by Gasteiger charge is 2.45. The van der Waals surface area contributed by atoms with Gasteiger partial charge in [-0.05, 0) is 49.4 Å². The van der Waals surface area contributed by atoms with Gasteiger partial charge in [-0.25, -0.2) is 4.98 Å². The molecule has 5 rings (SSSR count). The van der Waals surface area contributed by atoms with Crippen LogP contribution in [0.1, 0.15) is 43.0 Å². The van der Waals surface area contributed by atoms with Crippen molar-refractivity contribution in [2.24, 2.45) is 5.41 Å². The van der Waals surface area contributed by atoms with Crippen molar-refractivity contribution in [3.8, 4) is 11.5 Å². The Morgan fingerprint density at radius 3 is 2.69 bits per heavy atom. The number of H-pyrrole nitrogens is 1. The second-order valence-corrected chi connectivity index (χ2v) is 8.30. The average molecular weight is 389 g/mol. The second kappa shape index (κ2) is 6.72. The van der Waals surface area contributed by atoms with Gasteiger partial charge in [0.05, 0.1) is 11.8 Å².